The van der Waals surface area contributed by atoms with Gasteiger partial charge in [-0.15, -0.1) is 17.8 Å². The third kappa shape index (κ3) is 1.83. The van der Waals surface area contributed by atoms with Crippen LogP contribution >= 0.6 is 11.3 Å². The fraction of sp³-hybridized carbons (Fsp3) is 0.0909. The SMILES string of the molecule is C#CCn1nc(-c2cccs2)cc1C(=O)O. The van der Waals surface area contributed by atoms with Gasteiger partial charge in [0.05, 0.1) is 4.88 Å². The lowest BCUT2D eigenvalue weighted by Gasteiger charge is -1.96. The van der Waals surface area contributed by atoms with Crippen molar-refractivity contribution in [3.63, 3.8) is 0 Å². The quantitative estimate of drug-likeness (QED) is 0.823. The number of aromatic nitrogens is 2. The molecule has 0 saturated heterocycles. The number of hydrogen-bond donors (Lipinski definition) is 1. The van der Waals surface area contributed by atoms with Gasteiger partial charge in [-0.25, -0.2) is 9.48 Å². The van der Waals surface area contributed by atoms with Crippen molar-refractivity contribution in [2.45, 2.75) is 6.54 Å². The molecule has 0 spiro atoms. The van der Waals surface area contributed by atoms with Gasteiger partial charge in [0.25, 0.3) is 0 Å². The first-order chi connectivity index (χ1) is 7.72. The fourth-order valence-corrected chi connectivity index (χ4v) is 2.02. The van der Waals surface area contributed by atoms with Crippen molar-refractivity contribution in [1.82, 2.24) is 9.78 Å². The van der Waals surface area contributed by atoms with Gasteiger partial charge in [-0.3, -0.25) is 0 Å². The molecule has 0 aliphatic heterocycles. The molecule has 80 valence electrons. The maximum atomic E-state index is 11.0. The van der Waals surface area contributed by atoms with E-state index in [9.17, 15) is 4.79 Å². The summed E-state index contributed by atoms with van der Waals surface area (Å²) in [5, 5.41) is 15.1. The Labute approximate surface area is 96.2 Å². The third-order valence-electron chi connectivity index (χ3n) is 2.01. The summed E-state index contributed by atoms with van der Waals surface area (Å²) in [5.41, 5.74) is 0.754. The lowest BCUT2D eigenvalue weighted by atomic mass is 10.3. The first-order valence-corrected chi connectivity index (χ1v) is 5.39. The summed E-state index contributed by atoms with van der Waals surface area (Å²) in [6.07, 6.45) is 5.16. The molecule has 5 heteroatoms. The summed E-state index contributed by atoms with van der Waals surface area (Å²) in [7, 11) is 0. The van der Waals surface area contributed by atoms with Gasteiger partial charge < -0.3 is 5.11 Å². The molecule has 1 N–H and O–H groups in total. The van der Waals surface area contributed by atoms with Gasteiger partial charge in [0.1, 0.15) is 17.9 Å². The zero-order valence-corrected chi connectivity index (χ0v) is 9.07. The highest BCUT2D eigenvalue weighted by atomic mass is 32.1. The second-order valence-corrected chi connectivity index (χ2v) is 4.01. The van der Waals surface area contributed by atoms with Crippen LogP contribution in [-0.2, 0) is 6.54 Å². The molecule has 2 aromatic rings. The Morgan fingerprint density at radius 1 is 1.69 bits per heavy atom. The van der Waals surface area contributed by atoms with E-state index < -0.39 is 5.97 Å². The van der Waals surface area contributed by atoms with Crippen LogP contribution in [0.15, 0.2) is 23.6 Å². The largest absolute Gasteiger partial charge is 0.477 e. The van der Waals surface area contributed by atoms with Crippen LogP contribution in [0.3, 0.4) is 0 Å². The number of aromatic carboxylic acids is 1. The highest BCUT2D eigenvalue weighted by Gasteiger charge is 2.14. The minimum Gasteiger partial charge on any atom is -0.477 e. The lowest BCUT2D eigenvalue weighted by molar-refractivity contribution is 0.0684. The van der Waals surface area contributed by atoms with Crippen LogP contribution in [0.1, 0.15) is 10.5 Å². The van der Waals surface area contributed by atoms with Crippen LogP contribution < -0.4 is 0 Å². The zero-order chi connectivity index (χ0) is 11.5. The normalized spacial score (nSPS) is 9.94. The second kappa shape index (κ2) is 4.21. The number of nitrogens with zero attached hydrogens (tertiary/aromatic N) is 2. The van der Waals surface area contributed by atoms with E-state index in [1.807, 2.05) is 17.5 Å². The number of rotatable bonds is 3. The minimum atomic E-state index is -1.02. The Morgan fingerprint density at radius 3 is 3.06 bits per heavy atom. The first kappa shape index (κ1) is 10.5. The zero-order valence-electron chi connectivity index (χ0n) is 8.25. The molecule has 0 bridgehead atoms. The highest BCUT2D eigenvalue weighted by molar-refractivity contribution is 7.13. The van der Waals surface area contributed by atoms with Crippen molar-refractivity contribution in [2.24, 2.45) is 0 Å². The molecule has 16 heavy (non-hydrogen) atoms. The highest BCUT2D eigenvalue weighted by Crippen LogP contribution is 2.24. The Balaban J connectivity index is 2.47. The van der Waals surface area contributed by atoms with Crippen molar-refractivity contribution in [1.29, 1.82) is 0 Å². The smallest absolute Gasteiger partial charge is 0.354 e. The number of carboxylic acids is 1. The molecule has 0 atom stereocenters. The first-order valence-electron chi connectivity index (χ1n) is 4.51. The van der Waals surface area contributed by atoms with Crippen LogP contribution in [0.5, 0.6) is 0 Å². The topological polar surface area (TPSA) is 55.1 Å². The summed E-state index contributed by atoms with van der Waals surface area (Å²) < 4.78 is 1.32. The Morgan fingerprint density at radius 2 is 2.50 bits per heavy atom. The molecule has 4 nitrogen and oxygen atoms in total. The Bertz CT molecular complexity index is 549. The van der Waals surface area contributed by atoms with Gasteiger partial charge >= 0.3 is 5.97 Å². The molecular formula is C11H8N2O2S. The summed E-state index contributed by atoms with van der Waals surface area (Å²) >= 11 is 1.51. The van der Waals surface area contributed by atoms with Crippen molar-refractivity contribution >= 4 is 17.3 Å². The van der Waals surface area contributed by atoms with Gasteiger partial charge in [0.15, 0.2) is 0 Å². The second-order valence-electron chi connectivity index (χ2n) is 3.06. The molecule has 0 amide bonds. The third-order valence-corrected chi connectivity index (χ3v) is 2.91. The Hall–Kier alpha value is -2.06. The van der Waals surface area contributed by atoms with Gasteiger partial charge in [-0.05, 0) is 17.5 Å². The predicted molar refractivity (Wildman–Crippen MR) is 61.3 cm³/mol. The summed E-state index contributed by atoms with van der Waals surface area (Å²) in [6.45, 7) is 0.160. The molecule has 0 fully saturated rings. The number of thiophene rings is 1. The summed E-state index contributed by atoms with van der Waals surface area (Å²) in [4.78, 5) is 11.9. The maximum Gasteiger partial charge on any atom is 0.354 e. The van der Waals surface area contributed by atoms with Gasteiger partial charge in [-0.2, -0.15) is 5.10 Å². The van der Waals surface area contributed by atoms with Gasteiger partial charge in [0, 0.05) is 0 Å². The minimum absolute atomic E-state index is 0.112. The fourth-order valence-electron chi connectivity index (χ4n) is 1.34. The van der Waals surface area contributed by atoms with Crippen molar-refractivity contribution in [3.05, 3.63) is 29.3 Å². The van der Waals surface area contributed by atoms with Crippen molar-refractivity contribution < 1.29 is 9.90 Å². The molecule has 0 aromatic carbocycles. The van der Waals surface area contributed by atoms with Crippen LogP contribution in [0.2, 0.25) is 0 Å². The molecule has 2 aromatic heterocycles. The maximum absolute atomic E-state index is 11.0. The lowest BCUT2D eigenvalue weighted by Crippen LogP contribution is -2.08. The molecule has 2 heterocycles. The molecule has 0 unspecified atom stereocenters. The monoisotopic (exact) mass is 232 g/mol. The number of carboxylic acid groups (broad SMARTS) is 1. The van der Waals surface area contributed by atoms with Crippen LogP contribution in [0.4, 0.5) is 0 Å². The van der Waals surface area contributed by atoms with Gasteiger partial charge in [0.2, 0.25) is 0 Å². The van der Waals surface area contributed by atoms with Crippen molar-refractivity contribution in [3.8, 4) is 22.9 Å². The molecular weight excluding hydrogens is 224 g/mol. The Kier molecular flexibility index (Phi) is 2.75. The van der Waals surface area contributed by atoms with Crippen LogP contribution in [0, 0.1) is 12.3 Å². The van der Waals surface area contributed by atoms with E-state index in [2.05, 4.69) is 11.0 Å². The van der Waals surface area contributed by atoms with E-state index in [1.54, 1.807) is 0 Å². The molecule has 0 aliphatic rings. The van der Waals surface area contributed by atoms with Gasteiger partial charge in [-0.1, -0.05) is 12.0 Å². The van der Waals surface area contributed by atoms with E-state index >= 15 is 0 Å². The van der Waals surface area contributed by atoms with E-state index in [-0.39, 0.29) is 12.2 Å². The van der Waals surface area contributed by atoms with E-state index in [0.29, 0.717) is 5.69 Å². The number of carbonyl (C=O) groups is 1. The van der Waals surface area contributed by atoms with E-state index in [0.717, 1.165) is 4.88 Å². The molecule has 0 aliphatic carbocycles. The summed E-state index contributed by atoms with van der Waals surface area (Å²) in [5.74, 6) is 1.36. The number of hydrogen-bond acceptors (Lipinski definition) is 3. The predicted octanol–water partition coefficient (Wildman–Crippen LogP) is 1.94. The molecule has 2 rings (SSSR count). The van der Waals surface area contributed by atoms with Crippen LogP contribution in [0.25, 0.3) is 10.6 Å². The van der Waals surface area contributed by atoms with Crippen molar-refractivity contribution in [2.75, 3.05) is 0 Å². The molecule has 0 radical (unpaired) electrons. The average Bonchev–Trinajstić information content (AvgIpc) is 2.83. The standard InChI is InChI=1S/C11H8N2O2S/c1-2-5-13-9(11(14)15)7-8(12-13)10-4-3-6-16-10/h1,3-4,6-7H,5H2,(H,14,15). The average molecular weight is 232 g/mol. The summed E-state index contributed by atoms with van der Waals surface area (Å²) in [6, 6.07) is 5.31. The van der Waals surface area contributed by atoms with Crippen LogP contribution in [-0.4, -0.2) is 20.9 Å². The van der Waals surface area contributed by atoms with E-state index in [1.165, 1.54) is 22.1 Å². The van der Waals surface area contributed by atoms with E-state index in [4.69, 9.17) is 11.5 Å². The number of terminal acetylenes is 1. The molecule has 0 saturated carbocycles.